The van der Waals surface area contributed by atoms with Crippen LogP contribution in [-0.4, -0.2) is 70.1 Å². The lowest BCUT2D eigenvalue weighted by Gasteiger charge is -2.45. The maximum atomic E-state index is 13.1. The zero-order valence-corrected chi connectivity index (χ0v) is 19.0. The zero-order valence-electron chi connectivity index (χ0n) is 18.2. The molecule has 2 atom stereocenters. The van der Waals surface area contributed by atoms with Gasteiger partial charge in [-0.25, -0.2) is 14.8 Å². The van der Waals surface area contributed by atoms with E-state index in [2.05, 4.69) is 69.3 Å². The van der Waals surface area contributed by atoms with Crippen molar-refractivity contribution in [3.05, 3.63) is 53.3 Å². The van der Waals surface area contributed by atoms with E-state index in [0.29, 0.717) is 24.1 Å². The molecular weight excluding hydrogens is 412 g/mol. The predicted octanol–water partition coefficient (Wildman–Crippen LogP) is 3.40. The van der Waals surface area contributed by atoms with Gasteiger partial charge in [0.15, 0.2) is 0 Å². The van der Waals surface area contributed by atoms with Crippen LogP contribution in [0.4, 0.5) is 10.7 Å². The number of aromatic nitrogens is 2. The van der Waals surface area contributed by atoms with Gasteiger partial charge in [-0.2, -0.15) is 0 Å². The third kappa shape index (κ3) is 5.46. The molecule has 4 rings (SSSR count). The van der Waals surface area contributed by atoms with Crippen LogP contribution < -0.4 is 10.2 Å². The number of likely N-dealkylation sites (tertiary alicyclic amines) is 1. The summed E-state index contributed by atoms with van der Waals surface area (Å²) >= 11 is 5.91. The van der Waals surface area contributed by atoms with Gasteiger partial charge in [-0.1, -0.05) is 41.9 Å². The van der Waals surface area contributed by atoms with Crippen molar-refractivity contribution in [3.63, 3.8) is 0 Å². The second-order valence-corrected chi connectivity index (χ2v) is 9.13. The lowest BCUT2D eigenvalue weighted by atomic mass is 10.0. The number of halogens is 1. The molecule has 2 saturated heterocycles. The first-order valence-corrected chi connectivity index (χ1v) is 11.4. The molecule has 2 aliphatic heterocycles. The Balaban J connectivity index is 1.27. The summed E-state index contributed by atoms with van der Waals surface area (Å²) < 4.78 is 0. The number of carbonyl (C=O) groups excluding carboxylic acids is 1. The number of nitrogens with zero attached hydrogens (tertiary/aromatic N) is 5. The van der Waals surface area contributed by atoms with Gasteiger partial charge < -0.3 is 15.1 Å². The first kappa shape index (κ1) is 21.8. The molecule has 2 fully saturated rings. The monoisotopic (exact) mass is 442 g/mol. The first-order chi connectivity index (χ1) is 15.0. The number of piperidine rings is 1. The van der Waals surface area contributed by atoms with E-state index >= 15 is 0 Å². The Morgan fingerprint density at radius 1 is 1.06 bits per heavy atom. The van der Waals surface area contributed by atoms with Crippen LogP contribution in [0.25, 0.3) is 0 Å². The summed E-state index contributed by atoms with van der Waals surface area (Å²) in [7, 11) is 0. The Kier molecular flexibility index (Phi) is 6.92. The van der Waals surface area contributed by atoms with Gasteiger partial charge >= 0.3 is 6.03 Å². The first-order valence-electron chi connectivity index (χ1n) is 11.1. The minimum absolute atomic E-state index is 0.0400. The van der Waals surface area contributed by atoms with Crippen LogP contribution in [0.15, 0.2) is 42.7 Å². The molecule has 31 heavy (non-hydrogen) atoms. The summed E-state index contributed by atoms with van der Waals surface area (Å²) in [6.07, 6.45) is 5.20. The standard InChI is InChI=1S/C23H31ClN6O/c1-17-14-29(22-25-12-20(24)13-26-22)15-18(2)30(17)23(31)27-21-8-10-28(11-9-21)16-19-6-4-3-5-7-19/h3-7,12-13,17-18,21H,8-11,14-16H2,1-2H3,(H,27,31)/t17-,18+. The molecule has 166 valence electrons. The zero-order chi connectivity index (χ0) is 21.8. The summed E-state index contributed by atoms with van der Waals surface area (Å²) in [6, 6.07) is 11.0. The van der Waals surface area contributed by atoms with E-state index in [0.717, 1.165) is 32.5 Å². The number of hydrogen-bond donors (Lipinski definition) is 1. The van der Waals surface area contributed by atoms with Crippen molar-refractivity contribution in [2.24, 2.45) is 0 Å². The molecule has 0 radical (unpaired) electrons. The lowest BCUT2D eigenvalue weighted by Crippen LogP contribution is -2.62. The van der Waals surface area contributed by atoms with Gasteiger partial charge in [0.2, 0.25) is 5.95 Å². The summed E-state index contributed by atoms with van der Waals surface area (Å²) in [6.45, 7) is 8.56. The van der Waals surface area contributed by atoms with Crippen LogP contribution >= 0.6 is 11.6 Å². The molecule has 0 bridgehead atoms. The van der Waals surface area contributed by atoms with Gasteiger partial charge in [0.05, 0.1) is 17.4 Å². The number of benzene rings is 1. The number of piperazine rings is 1. The fraction of sp³-hybridized carbons (Fsp3) is 0.522. The molecule has 1 aromatic carbocycles. The van der Waals surface area contributed by atoms with Crippen LogP contribution in [0.2, 0.25) is 5.02 Å². The van der Waals surface area contributed by atoms with Crippen LogP contribution in [0.5, 0.6) is 0 Å². The van der Waals surface area contributed by atoms with E-state index in [9.17, 15) is 4.79 Å². The van der Waals surface area contributed by atoms with Crippen molar-refractivity contribution < 1.29 is 4.79 Å². The van der Waals surface area contributed by atoms with Gasteiger partial charge in [0, 0.05) is 50.8 Å². The summed E-state index contributed by atoms with van der Waals surface area (Å²) in [5.41, 5.74) is 1.34. The number of nitrogens with one attached hydrogen (secondary N) is 1. The molecular formula is C23H31ClN6O. The lowest BCUT2D eigenvalue weighted by molar-refractivity contribution is 0.130. The van der Waals surface area contributed by atoms with Crippen molar-refractivity contribution in [1.29, 1.82) is 0 Å². The van der Waals surface area contributed by atoms with Gasteiger partial charge in [-0.3, -0.25) is 4.90 Å². The molecule has 0 unspecified atom stereocenters. The molecule has 2 amide bonds. The molecule has 0 saturated carbocycles. The number of rotatable bonds is 4. The van der Waals surface area contributed by atoms with Crippen LogP contribution in [0.3, 0.4) is 0 Å². The topological polar surface area (TPSA) is 64.6 Å². The minimum atomic E-state index is 0.0400. The van der Waals surface area contributed by atoms with Crippen LogP contribution in [-0.2, 0) is 6.54 Å². The predicted molar refractivity (Wildman–Crippen MR) is 123 cm³/mol. The van der Waals surface area contributed by atoms with Crippen LogP contribution in [0.1, 0.15) is 32.3 Å². The Morgan fingerprint density at radius 3 is 2.29 bits per heavy atom. The average molecular weight is 443 g/mol. The summed E-state index contributed by atoms with van der Waals surface area (Å²) in [4.78, 5) is 28.3. The number of urea groups is 1. The largest absolute Gasteiger partial charge is 0.337 e. The maximum Gasteiger partial charge on any atom is 0.318 e. The van der Waals surface area contributed by atoms with Crippen molar-refractivity contribution in [3.8, 4) is 0 Å². The SMILES string of the molecule is C[C@@H]1CN(c2ncc(Cl)cn2)C[C@H](C)N1C(=O)NC1CCN(Cc2ccccc2)CC1. The molecule has 0 aliphatic carbocycles. The number of anilines is 1. The summed E-state index contributed by atoms with van der Waals surface area (Å²) in [5, 5.41) is 3.81. The highest BCUT2D eigenvalue weighted by Crippen LogP contribution is 2.21. The number of hydrogen-bond acceptors (Lipinski definition) is 5. The highest BCUT2D eigenvalue weighted by molar-refractivity contribution is 6.30. The second kappa shape index (κ2) is 9.83. The third-order valence-electron chi connectivity index (χ3n) is 6.21. The van der Waals surface area contributed by atoms with Crippen molar-refractivity contribution in [1.82, 2.24) is 25.1 Å². The maximum absolute atomic E-state index is 13.1. The molecule has 0 spiro atoms. The number of amides is 2. The highest BCUT2D eigenvalue weighted by Gasteiger charge is 2.35. The molecule has 3 heterocycles. The van der Waals surface area contributed by atoms with Crippen molar-refractivity contribution >= 4 is 23.6 Å². The van der Waals surface area contributed by atoms with E-state index in [1.165, 1.54) is 5.56 Å². The van der Waals surface area contributed by atoms with Gasteiger partial charge in [-0.05, 0) is 32.3 Å². The third-order valence-corrected chi connectivity index (χ3v) is 6.40. The van der Waals surface area contributed by atoms with E-state index in [1.807, 2.05) is 4.90 Å². The van der Waals surface area contributed by atoms with Crippen molar-refractivity contribution in [2.75, 3.05) is 31.1 Å². The van der Waals surface area contributed by atoms with E-state index in [1.54, 1.807) is 12.4 Å². The van der Waals surface area contributed by atoms with Crippen molar-refractivity contribution in [2.45, 2.75) is 51.4 Å². The normalized spacial score (nSPS) is 23.1. The van der Waals surface area contributed by atoms with Gasteiger partial charge in [-0.15, -0.1) is 0 Å². The number of carbonyl (C=O) groups is 1. The van der Waals surface area contributed by atoms with E-state index in [4.69, 9.17) is 11.6 Å². The fourth-order valence-electron chi connectivity index (χ4n) is 4.68. The minimum Gasteiger partial charge on any atom is -0.337 e. The van der Waals surface area contributed by atoms with E-state index < -0.39 is 0 Å². The molecule has 2 aromatic rings. The quantitative estimate of drug-likeness (QED) is 0.786. The van der Waals surface area contributed by atoms with Gasteiger partial charge in [0.25, 0.3) is 0 Å². The Morgan fingerprint density at radius 2 is 1.68 bits per heavy atom. The average Bonchev–Trinajstić information content (AvgIpc) is 2.76. The van der Waals surface area contributed by atoms with E-state index in [-0.39, 0.29) is 24.2 Å². The molecule has 1 aromatic heterocycles. The molecule has 7 nitrogen and oxygen atoms in total. The summed E-state index contributed by atoms with van der Waals surface area (Å²) in [5.74, 6) is 0.661. The van der Waals surface area contributed by atoms with Crippen LogP contribution in [0, 0.1) is 0 Å². The Labute approximate surface area is 189 Å². The Bertz CT molecular complexity index is 844. The highest BCUT2D eigenvalue weighted by atomic mass is 35.5. The molecule has 2 aliphatic rings. The molecule has 8 heteroatoms. The smallest absolute Gasteiger partial charge is 0.318 e. The Hall–Kier alpha value is -2.38. The second-order valence-electron chi connectivity index (χ2n) is 8.70. The molecule has 1 N–H and O–H groups in total. The van der Waals surface area contributed by atoms with Gasteiger partial charge in [0.1, 0.15) is 0 Å². The fourth-order valence-corrected chi connectivity index (χ4v) is 4.78.